The Balaban J connectivity index is 1.39. The number of nitrogens with zero attached hydrogens (tertiary/aromatic N) is 3. The first-order chi connectivity index (χ1) is 15.0. The van der Waals surface area contributed by atoms with Gasteiger partial charge in [-0.05, 0) is 55.3 Å². The van der Waals surface area contributed by atoms with E-state index >= 15 is 0 Å². The monoisotopic (exact) mass is 476 g/mol. The fourth-order valence-corrected chi connectivity index (χ4v) is 4.50. The Morgan fingerprint density at radius 3 is 2.71 bits per heavy atom. The maximum absolute atomic E-state index is 12.7. The molecular formula is C21H18Cl2N4O3S. The van der Waals surface area contributed by atoms with Gasteiger partial charge in [-0.2, -0.15) is 0 Å². The molecule has 1 fully saturated rings. The quantitative estimate of drug-likeness (QED) is 0.549. The van der Waals surface area contributed by atoms with Crippen molar-refractivity contribution >= 4 is 52.0 Å². The molecule has 1 aliphatic rings. The summed E-state index contributed by atoms with van der Waals surface area (Å²) in [4.78, 5) is 26.9. The van der Waals surface area contributed by atoms with Gasteiger partial charge in [0, 0.05) is 22.3 Å². The van der Waals surface area contributed by atoms with E-state index in [0.717, 1.165) is 12.8 Å². The molecule has 1 aliphatic heterocycles. The molecular weight excluding hydrogens is 459 g/mol. The van der Waals surface area contributed by atoms with Gasteiger partial charge in [-0.25, -0.2) is 0 Å². The molecule has 1 atom stereocenters. The minimum absolute atomic E-state index is 0.0843. The van der Waals surface area contributed by atoms with Crippen molar-refractivity contribution in [3.05, 3.63) is 68.6 Å². The van der Waals surface area contributed by atoms with Gasteiger partial charge in [0.05, 0.1) is 6.04 Å². The molecule has 1 unspecified atom stereocenters. The number of carbonyl (C=O) groups excluding carboxylic acids is 2. The van der Waals surface area contributed by atoms with Crippen LogP contribution in [0.2, 0.25) is 10.0 Å². The van der Waals surface area contributed by atoms with E-state index in [-0.39, 0.29) is 29.5 Å². The third kappa shape index (κ3) is 5.33. The van der Waals surface area contributed by atoms with Crippen molar-refractivity contribution in [2.24, 2.45) is 0 Å². The minimum Gasteiger partial charge on any atom is -0.484 e. The molecule has 31 heavy (non-hydrogen) atoms. The average molecular weight is 477 g/mol. The fourth-order valence-electron chi connectivity index (χ4n) is 3.29. The summed E-state index contributed by atoms with van der Waals surface area (Å²) in [5.41, 5.74) is 0.575. The van der Waals surface area contributed by atoms with Crippen LogP contribution in [0.1, 0.15) is 33.7 Å². The van der Waals surface area contributed by atoms with Crippen molar-refractivity contribution < 1.29 is 14.3 Å². The average Bonchev–Trinajstić information content (AvgIpc) is 3.43. The van der Waals surface area contributed by atoms with E-state index in [1.54, 1.807) is 53.4 Å². The maximum Gasteiger partial charge on any atom is 0.286 e. The number of hydrogen-bond acceptors (Lipinski definition) is 6. The molecule has 2 aromatic carbocycles. The van der Waals surface area contributed by atoms with Crippen molar-refractivity contribution in [1.29, 1.82) is 0 Å². The predicted octanol–water partition coefficient (Wildman–Crippen LogP) is 4.84. The summed E-state index contributed by atoms with van der Waals surface area (Å²) in [6.07, 6.45) is 1.61. The first-order valence-corrected chi connectivity index (χ1v) is 11.1. The standard InChI is InChI=1S/C21H18Cl2N4O3S/c22-13-6-8-16(9-7-13)30-12-18(28)27-10-2-5-17(27)20-25-26-21(31-20)19(29)24-15-4-1-3-14(23)11-15/h1,3-4,6-9,11,17H,2,5,10,12H2,(H,24,29). The molecule has 0 spiro atoms. The Kier molecular flexibility index (Phi) is 6.70. The second-order valence-corrected chi connectivity index (χ2v) is 8.78. The fraction of sp³-hybridized carbons (Fsp3) is 0.238. The highest BCUT2D eigenvalue weighted by Crippen LogP contribution is 2.34. The van der Waals surface area contributed by atoms with Gasteiger partial charge in [0.15, 0.2) is 6.61 Å². The number of aromatic nitrogens is 2. The SMILES string of the molecule is O=C(Nc1cccc(Cl)c1)c1nnc(C2CCCN2C(=O)COc2ccc(Cl)cc2)s1. The topological polar surface area (TPSA) is 84.4 Å². The highest BCUT2D eigenvalue weighted by Gasteiger charge is 2.33. The second-order valence-electron chi connectivity index (χ2n) is 6.90. The number of nitrogens with one attached hydrogen (secondary N) is 1. The molecule has 0 bridgehead atoms. The molecule has 7 nitrogen and oxygen atoms in total. The van der Waals surface area contributed by atoms with Crippen molar-refractivity contribution in [1.82, 2.24) is 15.1 Å². The molecule has 10 heteroatoms. The molecule has 0 saturated carbocycles. The van der Waals surface area contributed by atoms with E-state index in [1.165, 1.54) is 11.3 Å². The van der Waals surface area contributed by atoms with Gasteiger partial charge in [0.25, 0.3) is 11.8 Å². The lowest BCUT2D eigenvalue weighted by Crippen LogP contribution is -2.34. The molecule has 0 radical (unpaired) electrons. The van der Waals surface area contributed by atoms with Gasteiger partial charge in [-0.1, -0.05) is 40.6 Å². The van der Waals surface area contributed by atoms with Gasteiger partial charge in [0.1, 0.15) is 10.8 Å². The number of hydrogen-bond donors (Lipinski definition) is 1. The Labute approximate surface area is 192 Å². The van der Waals surface area contributed by atoms with Crippen molar-refractivity contribution in [3.63, 3.8) is 0 Å². The molecule has 0 aliphatic carbocycles. The smallest absolute Gasteiger partial charge is 0.286 e. The zero-order chi connectivity index (χ0) is 21.8. The summed E-state index contributed by atoms with van der Waals surface area (Å²) in [5, 5.41) is 12.9. The second kappa shape index (κ2) is 9.64. The summed E-state index contributed by atoms with van der Waals surface area (Å²) in [5.74, 6) is 0.0647. The van der Waals surface area contributed by atoms with Crippen LogP contribution in [0.25, 0.3) is 0 Å². The van der Waals surface area contributed by atoms with E-state index in [4.69, 9.17) is 27.9 Å². The number of anilines is 1. The normalized spacial score (nSPS) is 15.7. The minimum atomic E-state index is -0.368. The summed E-state index contributed by atoms with van der Waals surface area (Å²) < 4.78 is 5.58. The lowest BCUT2D eigenvalue weighted by atomic mass is 10.2. The Bertz CT molecular complexity index is 1090. The van der Waals surface area contributed by atoms with Gasteiger partial charge < -0.3 is 15.0 Å². The van der Waals surface area contributed by atoms with Crippen LogP contribution in [-0.2, 0) is 4.79 Å². The number of benzene rings is 2. The summed E-state index contributed by atoms with van der Waals surface area (Å²) in [6, 6.07) is 13.5. The van der Waals surface area contributed by atoms with E-state index < -0.39 is 0 Å². The van der Waals surface area contributed by atoms with Gasteiger partial charge in [-0.3, -0.25) is 9.59 Å². The first-order valence-electron chi connectivity index (χ1n) is 9.58. The predicted molar refractivity (Wildman–Crippen MR) is 120 cm³/mol. The summed E-state index contributed by atoms with van der Waals surface area (Å²) in [7, 11) is 0. The Morgan fingerprint density at radius 1 is 1.13 bits per heavy atom. The molecule has 2 amide bonds. The lowest BCUT2D eigenvalue weighted by Gasteiger charge is -2.22. The van der Waals surface area contributed by atoms with Gasteiger partial charge >= 0.3 is 0 Å². The van der Waals surface area contributed by atoms with Crippen LogP contribution in [0, 0.1) is 0 Å². The third-order valence-electron chi connectivity index (χ3n) is 4.75. The van der Waals surface area contributed by atoms with Gasteiger partial charge in [0.2, 0.25) is 5.01 Å². The van der Waals surface area contributed by atoms with E-state index in [2.05, 4.69) is 15.5 Å². The van der Waals surface area contributed by atoms with Crippen molar-refractivity contribution in [3.8, 4) is 5.75 Å². The van der Waals surface area contributed by atoms with E-state index in [9.17, 15) is 9.59 Å². The molecule has 1 aromatic heterocycles. The molecule has 2 heterocycles. The van der Waals surface area contributed by atoms with E-state index in [0.29, 0.717) is 33.0 Å². The van der Waals surface area contributed by atoms with Crippen molar-refractivity contribution in [2.75, 3.05) is 18.5 Å². The summed E-state index contributed by atoms with van der Waals surface area (Å²) >= 11 is 13.0. The molecule has 4 rings (SSSR count). The molecule has 1 N–H and O–H groups in total. The number of carbonyl (C=O) groups is 2. The number of ether oxygens (including phenoxy) is 1. The third-order valence-corrected chi connectivity index (χ3v) is 6.26. The maximum atomic E-state index is 12.7. The van der Waals surface area contributed by atoms with Gasteiger partial charge in [-0.15, -0.1) is 10.2 Å². The van der Waals surface area contributed by atoms with Crippen LogP contribution < -0.4 is 10.1 Å². The molecule has 1 saturated heterocycles. The zero-order valence-electron chi connectivity index (χ0n) is 16.3. The number of amides is 2. The summed E-state index contributed by atoms with van der Waals surface area (Å²) in [6.45, 7) is 0.524. The van der Waals surface area contributed by atoms with E-state index in [1.807, 2.05) is 0 Å². The van der Waals surface area contributed by atoms with Crippen LogP contribution in [0.4, 0.5) is 5.69 Å². The first kappa shape index (κ1) is 21.5. The van der Waals surface area contributed by atoms with Crippen LogP contribution in [0.15, 0.2) is 48.5 Å². The Morgan fingerprint density at radius 2 is 1.94 bits per heavy atom. The number of likely N-dealkylation sites (tertiary alicyclic amines) is 1. The Hall–Kier alpha value is -2.68. The molecule has 3 aromatic rings. The highest BCUT2D eigenvalue weighted by molar-refractivity contribution is 7.13. The number of rotatable bonds is 6. The van der Waals surface area contributed by atoms with Crippen LogP contribution in [0.5, 0.6) is 5.75 Å². The highest BCUT2D eigenvalue weighted by atomic mass is 35.5. The number of halogens is 2. The van der Waals surface area contributed by atoms with Crippen LogP contribution >= 0.6 is 34.5 Å². The lowest BCUT2D eigenvalue weighted by molar-refractivity contribution is -0.134. The van der Waals surface area contributed by atoms with Crippen molar-refractivity contribution in [2.45, 2.75) is 18.9 Å². The largest absolute Gasteiger partial charge is 0.484 e. The molecule has 160 valence electrons. The van der Waals surface area contributed by atoms with Crippen LogP contribution in [-0.4, -0.2) is 40.1 Å². The van der Waals surface area contributed by atoms with Crippen LogP contribution in [0.3, 0.4) is 0 Å². The zero-order valence-corrected chi connectivity index (χ0v) is 18.6.